The molecule has 1 fully saturated rings. The summed E-state index contributed by atoms with van der Waals surface area (Å²) >= 11 is 0. The van der Waals surface area contributed by atoms with E-state index >= 15 is 0 Å². The van der Waals surface area contributed by atoms with Gasteiger partial charge in [-0.15, -0.1) is 0 Å². The number of carbonyl (C=O) groups excluding carboxylic acids is 2. The molecule has 7 heteroatoms. The first-order valence-electron chi connectivity index (χ1n) is 10.4. The Morgan fingerprint density at radius 2 is 1.97 bits per heavy atom. The Morgan fingerprint density at radius 3 is 2.68 bits per heavy atom. The van der Waals surface area contributed by atoms with E-state index < -0.39 is 0 Å². The Hall–Kier alpha value is -3.32. The molecule has 3 N–H and O–H groups in total. The molecule has 0 aliphatic carbocycles. The lowest BCUT2D eigenvalue weighted by molar-refractivity contribution is -0.114. The molecule has 7 nitrogen and oxygen atoms in total. The summed E-state index contributed by atoms with van der Waals surface area (Å²) in [5.74, 6) is 0.353. The van der Waals surface area contributed by atoms with E-state index in [4.69, 9.17) is 9.47 Å². The number of nitrogens with one attached hydrogen (secondary N) is 3. The lowest BCUT2D eigenvalue weighted by Gasteiger charge is -2.12. The van der Waals surface area contributed by atoms with Crippen LogP contribution in [0.5, 0.6) is 5.75 Å². The first-order chi connectivity index (χ1) is 15.0. The minimum Gasteiger partial charge on any atom is -0.489 e. The summed E-state index contributed by atoms with van der Waals surface area (Å²) in [5.41, 5.74) is 2.82. The maximum atomic E-state index is 12.4. The molecule has 1 atom stereocenters. The Kier molecular flexibility index (Phi) is 8.06. The van der Waals surface area contributed by atoms with Crippen LogP contribution in [0.25, 0.3) is 0 Å². The number of hydrogen-bond acceptors (Lipinski definition) is 5. The highest BCUT2D eigenvalue weighted by molar-refractivity contribution is 5.98. The van der Waals surface area contributed by atoms with Gasteiger partial charge in [0.2, 0.25) is 5.91 Å². The van der Waals surface area contributed by atoms with Crippen LogP contribution in [0.4, 0.5) is 11.4 Å². The van der Waals surface area contributed by atoms with E-state index in [0.29, 0.717) is 24.4 Å². The number of amides is 2. The topological polar surface area (TPSA) is 88.7 Å². The van der Waals surface area contributed by atoms with Crippen LogP contribution in [0.3, 0.4) is 0 Å². The normalized spacial score (nSPS) is 15.2. The predicted molar refractivity (Wildman–Crippen MR) is 122 cm³/mol. The summed E-state index contributed by atoms with van der Waals surface area (Å²) in [6, 6.07) is 14.2. The van der Waals surface area contributed by atoms with Gasteiger partial charge in [0.25, 0.3) is 5.91 Å². The average molecular weight is 424 g/mol. The van der Waals surface area contributed by atoms with Crippen LogP contribution in [0, 0.1) is 0 Å². The fraction of sp³-hybridized carbons (Fsp3) is 0.333. The second-order valence-corrected chi connectivity index (χ2v) is 7.60. The van der Waals surface area contributed by atoms with Crippen molar-refractivity contribution in [3.63, 3.8) is 0 Å². The van der Waals surface area contributed by atoms with Crippen molar-refractivity contribution in [3.05, 3.63) is 66.2 Å². The Morgan fingerprint density at radius 1 is 1.16 bits per heavy atom. The standard InChI is InChI=1S/C24H29N3O4/c1-17(2)16-31-21-10-8-19(9-11-21)25-15-23(28)27-20-6-3-5-18(13-20)24(29)26-14-22-7-4-12-30-22/h3,5-6,8-11,13,22,25H,1,4,7,12,14-16H2,2H3,(H,26,29)(H,27,28). The van der Waals surface area contributed by atoms with E-state index in [-0.39, 0.29) is 24.5 Å². The van der Waals surface area contributed by atoms with Crippen molar-refractivity contribution in [1.82, 2.24) is 5.32 Å². The van der Waals surface area contributed by atoms with E-state index in [1.54, 1.807) is 24.3 Å². The van der Waals surface area contributed by atoms with Crippen LogP contribution in [-0.4, -0.2) is 44.2 Å². The summed E-state index contributed by atoms with van der Waals surface area (Å²) in [6.45, 7) is 7.53. The first kappa shape index (κ1) is 22.4. The lowest BCUT2D eigenvalue weighted by Crippen LogP contribution is -2.31. The summed E-state index contributed by atoms with van der Waals surface area (Å²) in [6.07, 6.45) is 2.08. The van der Waals surface area contributed by atoms with Gasteiger partial charge in [-0.1, -0.05) is 12.6 Å². The van der Waals surface area contributed by atoms with Crippen LogP contribution in [0.2, 0.25) is 0 Å². The minimum absolute atomic E-state index is 0.0876. The highest BCUT2D eigenvalue weighted by atomic mass is 16.5. The summed E-state index contributed by atoms with van der Waals surface area (Å²) < 4.78 is 11.1. The fourth-order valence-electron chi connectivity index (χ4n) is 3.12. The number of rotatable bonds is 10. The minimum atomic E-state index is -0.209. The van der Waals surface area contributed by atoms with E-state index in [2.05, 4.69) is 22.5 Å². The predicted octanol–water partition coefficient (Wildman–Crippen LogP) is 3.60. The zero-order chi connectivity index (χ0) is 22.1. The molecule has 31 heavy (non-hydrogen) atoms. The molecule has 1 saturated heterocycles. The van der Waals surface area contributed by atoms with Crippen molar-refractivity contribution in [3.8, 4) is 5.75 Å². The molecule has 3 rings (SSSR count). The number of anilines is 2. The van der Waals surface area contributed by atoms with E-state index in [1.807, 2.05) is 31.2 Å². The molecule has 2 aromatic rings. The molecule has 0 saturated carbocycles. The molecule has 2 aromatic carbocycles. The molecule has 0 aromatic heterocycles. The van der Waals surface area contributed by atoms with Crippen LogP contribution in [0.1, 0.15) is 30.1 Å². The molecular formula is C24H29N3O4. The molecule has 1 heterocycles. The monoisotopic (exact) mass is 423 g/mol. The molecule has 1 aliphatic rings. The van der Waals surface area contributed by atoms with Gasteiger partial charge in [-0.2, -0.15) is 0 Å². The Balaban J connectivity index is 1.45. The molecule has 164 valence electrons. The quantitative estimate of drug-likeness (QED) is 0.508. The highest BCUT2D eigenvalue weighted by Crippen LogP contribution is 2.16. The van der Waals surface area contributed by atoms with Crippen LogP contribution >= 0.6 is 0 Å². The SMILES string of the molecule is C=C(C)COc1ccc(NCC(=O)Nc2cccc(C(=O)NCC3CCCO3)c2)cc1. The van der Waals surface area contributed by atoms with Gasteiger partial charge in [-0.25, -0.2) is 0 Å². The van der Waals surface area contributed by atoms with Gasteiger partial charge in [0, 0.05) is 30.1 Å². The van der Waals surface area contributed by atoms with Gasteiger partial charge >= 0.3 is 0 Å². The number of ether oxygens (including phenoxy) is 2. The third-order valence-corrected chi connectivity index (χ3v) is 4.72. The van der Waals surface area contributed by atoms with Crippen molar-refractivity contribution in [2.45, 2.75) is 25.9 Å². The maximum absolute atomic E-state index is 12.4. The second-order valence-electron chi connectivity index (χ2n) is 7.60. The molecule has 0 radical (unpaired) electrons. The van der Waals surface area contributed by atoms with Crippen LogP contribution in [-0.2, 0) is 9.53 Å². The number of hydrogen-bond donors (Lipinski definition) is 3. The highest BCUT2D eigenvalue weighted by Gasteiger charge is 2.17. The average Bonchev–Trinajstić information content (AvgIpc) is 3.29. The van der Waals surface area contributed by atoms with Crippen molar-refractivity contribution >= 4 is 23.2 Å². The molecule has 0 bridgehead atoms. The third-order valence-electron chi connectivity index (χ3n) is 4.72. The van der Waals surface area contributed by atoms with E-state index in [9.17, 15) is 9.59 Å². The molecule has 2 amide bonds. The summed E-state index contributed by atoms with van der Waals surface area (Å²) in [5, 5.41) is 8.76. The van der Waals surface area contributed by atoms with Gasteiger partial charge in [0.15, 0.2) is 0 Å². The number of benzene rings is 2. The van der Waals surface area contributed by atoms with Gasteiger partial charge in [-0.05, 0) is 67.8 Å². The molecule has 0 spiro atoms. The van der Waals surface area contributed by atoms with Crippen molar-refractivity contribution in [2.75, 3.05) is 36.9 Å². The molecular weight excluding hydrogens is 394 g/mol. The Labute approximate surface area is 182 Å². The van der Waals surface area contributed by atoms with Crippen molar-refractivity contribution in [2.24, 2.45) is 0 Å². The fourth-order valence-corrected chi connectivity index (χ4v) is 3.12. The van der Waals surface area contributed by atoms with Crippen LogP contribution < -0.4 is 20.7 Å². The van der Waals surface area contributed by atoms with Crippen LogP contribution in [0.15, 0.2) is 60.7 Å². The summed E-state index contributed by atoms with van der Waals surface area (Å²) in [4.78, 5) is 24.6. The van der Waals surface area contributed by atoms with Gasteiger partial charge < -0.3 is 25.4 Å². The summed E-state index contributed by atoms with van der Waals surface area (Å²) in [7, 11) is 0. The largest absolute Gasteiger partial charge is 0.489 e. The van der Waals surface area contributed by atoms with E-state index in [1.165, 1.54) is 0 Å². The Bertz CT molecular complexity index is 905. The van der Waals surface area contributed by atoms with E-state index in [0.717, 1.165) is 36.5 Å². The lowest BCUT2D eigenvalue weighted by atomic mass is 10.1. The number of carbonyl (C=O) groups is 2. The van der Waals surface area contributed by atoms with Crippen molar-refractivity contribution < 1.29 is 19.1 Å². The molecule has 1 aliphatic heterocycles. The zero-order valence-electron chi connectivity index (χ0n) is 17.8. The smallest absolute Gasteiger partial charge is 0.251 e. The second kappa shape index (κ2) is 11.2. The van der Waals surface area contributed by atoms with Gasteiger partial charge in [-0.3, -0.25) is 9.59 Å². The van der Waals surface area contributed by atoms with Gasteiger partial charge in [0.05, 0.1) is 12.6 Å². The van der Waals surface area contributed by atoms with Gasteiger partial charge in [0.1, 0.15) is 12.4 Å². The first-order valence-corrected chi connectivity index (χ1v) is 10.4. The maximum Gasteiger partial charge on any atom is 0.251 e. The molecule has 1 unspecified atom stereocenters. The third kappa shape index (κ3) is 7.46. The van der Waals surface area contributed by atoms with Crippen molar-refractivity contribution in [1.29, 1.82) is 0 Å². The zero-order valence-corrected chi connectivity index (χ0v) is 17.8.